The Hall–Kier alpha value is -3.49. The quantitative estimate of drug-likeness (QED) is 0.116. The summed E-state index contributed by atoms with van der Waals surface area (Å²) in [6.45, 7) is 6.16. The largest absolute Gasteiger partial charge is 0.462 e. The SMILES string of the molecule is CCCN(C)C(=O)c1ccc(CCCCCCC(=O)N(C)CCN2CCC(OC(=O)Cc3ccccc3-c3ccccc3)CC2)s1. The van der Waals surface area contributed by atoms with Gasteiger partial charge in [-0.3, -0.25) is 14.4 Å². The van der Waals surface area contributed by atoms with Gasteiger partial charge in [-0.05, 0) is 67.3 Å². The van der Waals surface area contributed by atoms with E-state index in [0.717, 1.165) is 99.1 Å². The van der Waals surface area contributed by atoms with Gasteiger partial charge in [0.05, 0.1) is 11.3 Å². The van der Waals surface area contributed by atoms with E-state index in [9.17, 15) is 14.4 Å². The van der Waals surface area contributed by atoms with E-state index in [-0.39, 0.29) is 30.3 Å². The van der Waals surface area contributed by atoms with Gasteiger partial charge in [0.25, 0.3) is 5.91 Å². The number of hydrogen-bond donors (Lipinski definition) is 0. The van der Waals surface area contributed by atoms with Crippen molar-refractivity contribution in [2.75, 3.05) is 46.8 Å². The second-order valence-electron chi connectivity index (χ2n) is 12.5. The second-order valence-corrected chi connectivity index (χ2v) is 13.6. The van der Waals surface area contributed by atoms with Gasteiger partial charge in [-0.15, -0.1) is 11.3 Å². The lowest BCUT2D eigenvalue weighted by molar-refractivity contribution is -0.150. The molecule has 0 N–H and O–H groups in total. The van der Waals surface area contributed by atoms with Gasteiger partial charge in [0, 0.05) is 58.1 Å². The highest BCUT2D eigenvalue weighted by Gasteiger charge is 2.23. The molecule has 0 bridgehead atoms. The molecular weight excluding hydrogens is 595 g/mol. The van der Waals surface area contributed by atoms with Crippen LogP contribution in [0, 0.1) is 0 Å². The summed E-state index contributed by atoms with van der Waals surface area (Å²) >= 11 is 1.61. The fourth-order valence-electron chi connectivity index (χ4n) is 6.00. The maximum absolute atomic E-state index is 12.8. The third kappa shape index (κ3) is 11.1. The number of amides is 2. The van der Waals surface area contributed by atoms with Crippen molar-refractivity contribution in [3.63, 3.8) is 0 Å². The Balaban J connectivity index is 1.05. The molecule has 2 heterocycles. The van der Waals surface area contributed by atoms with Crippen LogP contribution in [-0.2, 0) is 27.2 Å². The number of rotatable bonds is 17. The van der Waals surface area contributed by atoms with E-state index in [1.165, 1.54) is 4.88 Å². The highest BCUT2D eigenvalue weighted by atomic mass is 32.1. The molecule has 0 saturated carbocycles. The summed E-state index contributed by atoms with van der Waals surface area (Å²) < 4.78 is 5.88. The smallest absolute Gasteiger partial charge is 0.310 e. The number of likely N-dealkylation sites (tertiary alicyclic amines) is 1. The molecule has 8 heteroatoms. The Bertz CT molecular complexity index is 1380. The molecule has 0 aliphatic carbocycles. The molecule has 46 heavy (non-hydrogen) atoms. The molecule has 0 atom stereocenters. The molecule has 4 rings (SSSR count). The van der Waals surface area contributed by atoms with Gasteiger partial charge >= 0.3 is 5.97 Å². The van der Waals surface area contributed by atoms with Gasteiger partial charge in [0.1, 0.15) is 6.10 Å². The van der Waals surface area contributed by atoms with Crippen LogP contribution in [0.2, 0.25) is 0 Å². The average Bonchev–Trinajstić information content (AvgIpc) is 3.55. The molecule has 1 aromatic heterocycles. The van der Waals surface area contributed by atoms with Crippen molar-refractivity contribution in [1.29, 1.82) is 0 Å². The van der Waals surface area contributed by atoms with Crippen LogP contribution in [0.15, 0.2) is 66.7 Å². The number of carbonyl (C=O) groups excluding carboxylic acids is 3. The van der Waals surface area contributed by atoms with Crippen LogP contribution in [0.4, 0.5) is 0 Å². The minimum atomic E-state index is -0.171. The molecule has 2 amide bonds. The first-order chi connectivity index (χ1) is 22.3. The zero-order valence-corrected chi connectivity index (χ0v) is 28.7. The molecule has 0 unspecified atom stereocenters. The van der Waals surface area contributed by atoms with Crippen LogP contribution >= 0.6 is 11.3 Å². The molecule has 1 aliphatic rings. The Morgan fingerprint density at radius 3 is 2.33 bits per heavy atom. The zero-order valence-electron chi connectivity index (χ0n) is 27.9. The Morgan fingerprint density at radius 1 is 0.848 bits per heavy atom. The van der Waals surface area contributed by atoms with Gasteiger partial charge in [-0.2, -0.15) is 0 Å². The highest BCUT2D eigenvalue weighted by molar-refractivity contribution is 7.14. The molecule has 1 fully saturated rings. The van der Waals surface area contributed by atoms with Crippen LogP contribution in [0.5, 0.6) is 0 Å². The first kappa shape index (κ1) is 35.4. The van der Waals surface area contributed by atoms with Crippen LogP contribution in [0.25, 0.3) is 11.1 Å². The third-order valence-electron chi connectivity index (χ3n) is 8.79. The molecule has 1 saturated heterocycles. The number of nitrogens with zero attached hydrogens (tertiary/aromatic N) is 3. The van der Waals surface area contributed by atoms with Gasteiger partial charge in [0.15, 0.2) is 0 Å². The Morgan fingerprint density at radius 2 is 1.57 bits per heavy atom. The predicted molar refractivity (Wildman–Crippen MR) is 187 cm³/mol. The molecular formula is C38H51N3O4S. The highest BCUT2D eigenvalue weighted by Crippen LogP contribution is 2.25. The molecule has 1 aliphatic heterocycles. The lowest BCUT2D eigenvalue weighted by atomic mass is 9.98. The minimum absolute atomic E-state index is 0.0520. The summed E-state index contributed by atoms with van der Waals surface area (Å²) in [7, 11) is 3.76. The van der Waals surface area contributed by atoms with E-state index in [0.29, 0.717) is 13.0 Å². The lowest BCUT2D eigenvalue weighted by Gasteiger charge is -2.32. The van der Waals surface area contributed by atoms with Crippen molar-refractivity contribution < 1.29 is 19.1 Å². The first-order valence-corrected chi connectivity index (χ1v) is 17.8. The summed E-state index contributed by atoms with van der Waals surface area (Å²) in [6, 6.07) is 22.2. The first-order valence-electron chi connectivity index (χ1n) is 17.0. The van der Waals surface area contributed by atoms with Crippen LogP contribution in [-0.4, -0.2) is 85.4 Å². The molecule has 7 nitrogen and oxygen atoms in total. The minimum Gasteiger partial charge on any atom is -0.462 e. The molecule has 0 radical (unpaired) electrons. The van der Waals surface area contributed by atoms with Crippen molar-refractivity contribution in [3.8, 4) is 11.1 Å². The van der Waals surface area contributed by atoms with E-state index >= 15 is 0 Å². The van der Waals surface area contributed by atoms with E-state index in [4.69, 9.17) is 4.74 Å². The van der Waals surface area contributed by atoms with Crippen molar-refractivity contribution in [2.24, 2.45) is 0 Å². The summed E-state index contributed by atoms with van der Waals surface area (Å²) in [6.07, 6.45) is 8.52. The van der Waals surface area contributed by atoms with E-state index < -0.39 is 0 Å². The third-order valence-corrected chi connectivity index (χ3v) is 9.92. The second kappa shape index (κ2) is 18.6. The number of piperidine rings is 1. The molecule has 0 spiro atoms. The topological polar surface area (TPSA) is 70.2 Å². The van der Waals surface area contributed by atoms with Crippen molar-refractivity contribution in [3.05, 3.63) is 82.0 Å². The van der Waals surface area contributed by atoms with E-state index in [1.54, 1.807) is 16.2 Å². The number of carbonyl (C=O) groups is 3. The van der Waals surface area contributed by atoms with E-state index in [2.05, 4.69) is 36.1 Å². The van der Waals surface area contributed by atoms with Crippen molar-refractivity contribution >= 4 is 29.1 Å². The number of likely N-dealkylation sites (N-methyl/N-ethyl adjacent to an activating group) is 1. The predicted octanol–water partition coefficient (Wildman–Crippen LogP) is 7.10. The number of esters is 1. The van der Waals surface area contributed by atoms with Crippen LogP contribution < -0.4 is 0 Å². The van der Waals surface area contributed by atoms with Gasteiger partial charge < -0.3 is 19.4 Å². The Kier molecular flexibility index (Phi) is 14.3. The molecule has 248 valence electrons. The molecule has 3 aromatic rings. The number of ether oxygens (including phenoxy) is 1. The van der Waals surface area contributed by atoms with Gasteiger partial charge in [-0.25, -0.2) is 0 Å². The number of thiophene rings is 1. The number of benzene rings is 2. The summed E-state index contributed by atoms with van der Waals surface area (Å²) in [5.74, 6) is 0.149. The van der Waals surface area contributed by atoms with Crippen LogP contribution in [0.3, 0.4) is 0 Å². The van der Waals surface area contributed by atoms with Crippen LogP contribution in [0.1, 0.15) is 78.4 Å². The molecule has 2 aromatic carbocycles. The zero-order chi connectivity index (χ0) is 32.7. The fraction of sp³-hybridized carbons (Fsp3) is 0.500. The van der Waals surface area contributed by atoms with Crippen molar-refractivity contribution in [1.82, 2.24) is 14.7 Å². The normalized spacial score (nSPS) is 13.8. The lowest BCUT2D eigenvalue weighted by Crippen LogP contribution is -2.42. The van der Waals surface area contributed by atoms with E-state index in [1.807, 2.05) is 61.5 Å². The number of aryl methyl sites for hydroxylation is 1. The maximum atomic E-state index is 12.8. The number of hydrogen-bond acceptors (Lipinski definition) is 6. The summed E-state index contributed by atoms with van der Waals surface area (Å²) in [5, 5.41) is 0. The van der Waals surface area contributed by atoms with Gasteiger partial charge in [-0.1, -0.05) is 74.4 Å². The fourth-order valence-corrected chi connectivity index (χ4v) is 7.04. The number of unbranched alkanes of at least 4 members (excludes halogenated alkanes) is 3. The van der Waals surface area contributed by atoms with Crippen molar-refractivity contribution in [2.45, 2.75) is 77.2 Å². The Labute approximate surface area is 279 Å². The monoisotopic (exact) mass is 645 g/mol. The average molecular weight is 646 g/mol. The standard InChI is InChI=1S/C38H51N3O4S/c1-4-24-40(3)38(44)35-21-20-33(46-35)17-10-5-6-11-19-36(42)39(2)27-28-41-25-22-32(23-26-41)45-37(43)29-31-16-12-13-18-34(31)30-14-8-7-9-15-30/h7-9,12-16,18,20-21,32H,4-6,10-11,17,19,22-29H2,1-3H3. The summed E-state index contributed by atoms with van der Waals surface area (Å²) in [5.41, 5.74) is 3.16. The maximum Gasteiger partial charge on any atom is 0.310 e. The summed E-state index contributed by atoms with van der Waals surface area (Å²) in [4.78, 5) is 46.0. The van der Waals surface area contributed by atoms with Gasteiger partial charge in [0.2, 0.25) is 5.91 Å².